The van der Waals surface area contributed by atoms with Crippen LogP contribution in [0.2, 0.25) is 0 Å². The summed E-state index contributed by atoms with van der Waals surface area (Å²) in [7, 11) is 0. The van der Waals surface area contributed by atoms with E-state index < -0.39 is 102 Å². The third-order valence-corrected chi connectivity index (χ3v) is 7.88. The third kappa shape index (κ3) is 4.16. The fourth-order valence-electron chi connectivity index (χ4n) is 5.81. The molecule has 1 heterocycles. The summed E-state index contributed by atoms with van der Waals surface area (Å²) in [5.74, 6) is -4.00. The van der Waals surface area contributed by atoms with Gasteiger partial charge < -0.3 is 45.8 Å². The molecule has 0 radical (unpaired) electrons. The molecule has 0 amide bonds. The topological polar surface area (TPSA) is 217 Å². The van der Waals surface area contributed by atoms with E-state index in [4.69, 9.17) is 15.2 Å². The monoisotopic (exact) mass is 543 g/mol. The molecule has 0 unspecified atom stereocenters. The average molecular weight is 544 g/mol. The molecule has 2 aromatic rings. The number of ketones is 3. The van der Waals surface area contributed by atoms with Gasteiger partial charge in [-0.25, -0.2) is 0 Å². The van der Waals surface area contributed by atoms with Crippen LogP contribution in [0.1, 0.15) is 74.4 Å². The van der Waals surface area contributed by atoms with E-state index in [9.17, 15) is 45.0 Å². The van der Waals surface area contributed by atoms with Crippen LogP contribution in [0.3, 0.4) is 0 Å². The number of aromatic hydroxyl groups is 2. The number of carbonyl (C=O) groups is 3. The van der Waals surface area contributed by atoms with E-state index in [1.165, 1.54) is 18.2 Å². The largest absolute Gasteiger partial charge is 0.507 e. The number of phenols is 2. The molecule has 8 N–H and O–H groups in total. The minimum absolute atomic E-state index is 0.00600. The van der Waals surface area contributed by atoms with E-state index in [-0.39, 0.29) is 34.2 Å². The summed E-state index contributed by atoms with van der Waals surface area (Å²) < 4.78 is 11.7. The first-order valence-corrected chi connectivity index (χ1v) is 12.5. The Kier molecular flexibility index (Phi) is 6.84. The zero-order valence-corrected chi connectivity index (χ0v) is 21.0. The van der Waals surface area contributed by atoms with Gasteiger partial charge in [0.25, 0.3) is 0 Å². The van der Waals surface area contributed by atoms with Crippen LogP contribution in [0.4, 0.5) is 0 Å². The Bertz CT molecular complexity index is 1380. The molecule has 2 aromatic carbocycles. The van der Waals surface area contributed by atoms with Crippen LogP contribution in [0.25, 0.3) is 0 Å². The number of benzene rings is 2. The molecule has 12 nitrogen and oxygen atoms in total. The normalized spacial score (nSPS) is 29.9. The van der Waals surface area contributed by atoms with Crippen molar-refractivity contribution in [2.45, 2.75) is 69.0 Å². The molecule has 1 fully saturated rings. The van der Waals surface area contributed by atoms with Gasteiger partial charge >= 0.3 is 0 Å². The number of aliphatic hydroxyl groups excluding tert-OH is 3. The van der Waals surface area contributed by atoms with Crippen molar-refractivity contribution in [2.24, 2.45) is 5.73 Å². The molecule has 2 aliphatic carbocycles. The Morgan fingerprint density at radius 1 is 1.13 bits per heavy atom. The van der Waals surface area contributed by atoms with Gasteiger partial charge in [-0.05, 0) is 12.5 Å². The van der Waals surface area contributed by atoms with E-state index in [2.05, 4.69) is 0 Å². The first kappa shape index (κ1) is 27.3. The maximum Gasteiger partial charge on any atom is 0.198 e. The fraction of sp³-hybridized carbons (Fsp3) is 0.444. The van der Waals surface area contributed by atoms with Gasteiger partial charge in [0.2, 0.25) is 0 Å². The lowest BCUT2D eigenvalue weighted by Gasteiger charge is -2.42. The summed E-state index contributed by atoms with van der Waals surface area (Å²) in [5, 5.41) is 63.4. The molecule has 0 spiro atoms. The van der Waals surface area contributed by atoms with Crippen molar-refractivity contribution in [3.8, 4) is 11.5 Å². The SMILES string of the molecule is C[C@@H]1O[C@@H](O[C@H]2C[C@](O)(C(=O)CO)Cc3c(O)c4c(c(O)c32)C(=O)c2c(CO)cccc2C4=O)C[C@H](N)[C@@H]1O. The van der Waals surface area contributed by atoms with E-state index in [1.54, 1.807) is 6.92 Å². The van der Waals surface area contributed by atoms with Crippen molar-refractivity contribution in [1.82, 2.24) is 0 Å². The molecular weight excluding hydrogens is 514 g/mol. The molecule has 0 aromatic heterocycles. The standard InChI is InChI=1S/C27H29NO11/c1-10-22(32)14(28)5-17(38-10)39-15-7-27(37,16(31)9-30)6-13-19(15)26(36)21-20(24(13)34)23(33)12-4-2-3-11(8-29)18(12)25(21)35/h2-4,10,14-15,17,22,29-30,32,34,36-37H,5-9,28H2,1H3/t10-,14-,15-,17-,22+,27-/m0/s1. The van der Waals surface area contributed by atoms with Crippen LogP contribution < -0.4 is 5.73 Å². The molecule has 12 heteroatoms. The van der Waals surface area contributed by atoms with Crippen molar-refractivity contribution < 1.29 is 54.5 Å². The highest BCUT2D eigenvalue weighted by Gasteiger charge is 2.50. The van der Waals surface area contributed by atoms with Crippen molar-refractivity contribution in [2.75, 3.05) is 6.61 Å². The zero-order valence-electron chi connectivity index (χ0n) is 21.0. The fourth-order valence-corrected chi connectivity index (χ4v) is 5.81. The van der Waals surface area contributed by atoms with Gasteiger partial charge in [0.05, 0.1) is 36.0 Å². The highest BCUT2D eigenvalue weighted by atomic mass is 16.7. The highest BCUT2D eigenvalue weighted by Crippen LogP contribution is 2.52. The van der Waals surface area contributed by atoms with Gasteiger partial charge in [-0.2, -0.15) is 0 Å². The molecule has 0 saturated carbocycles. The summed E-state index contributed by atoms with van der Waals surface area (Å²) in [6, 6.07) is 3.53. The molecule has 1 aliphatic heterocycles. The highest BCUT2D eigenvalue weighted by molar-refractivity contribution is 6.31. The minimum Gasteiger partial charge on any atom is -0.507 e. The van der Waals surface area contributed by atoms with Crippen molar-refractivity contribution in [1.29, 1.82) is 0 Å². The number of phenolic OH excluding ortho intramolecular Hbond substituents is 2. The number of hydrogen-bond donors (Lipinski definition) is 7. The maximum absolute atomic E-state index is 13.6. The van der Waals surface area contributed by atoms with Gasteiger partial charge in [-0.1, -0.05) is 18.2 Å². The minimum atomic E-state index is -2.25. The van der Waals surface area contributed by atoms with Gasteiger partial charge in [-0.15, -0.1) is 0 Å². The predicted octanol–water partition coefficient (Wildman–Crippen LogP) is -0.515. The lowest BCUT2D eigenvalue weighted by molar-refractivity contribution is -0.247. The maximum atomic E-state index is 13.6. The number of rotatable bonds is 5. The summed E-state index contributed by atoms with van der Waals surface area (Å²) in [6.07, 6.45) is -5.21. The molecule has 3 aliphatic rings. The molecular formula is C27H29NO11. The first-order valence-electron chi connectivity index (χ1n) is 12.5. The van der Waals surface area contributed by atoms with Crippen molar-refractivity contribution in [3.63, 3.8) is 0 Å². The number of Topliss-reactive ketones (excluding diaryl/α,β-unsaturated/α-hetero) is 1. The smallest absolute Gasteiger partial charge is 0.198 e. The van der Waals surface area contributed by atoms with Crippen LogP contribution in [0.5, 0.6) is 11.5 Å². The van der Waals surface area contributed by atoms with Crippen LogP contribution in [-0.2, 0) is 27.3 Å². The van der Waals surface area contributed by atoms with Gasteiger partial charge in [0, 0.05) is 47.6 Å². The number of hydrogen-bond acceptors (Lipinski definition) is 12. The molecule has 208 valence electrons. The number of aliphatic hydroxyl groups is 4. The first-order chi connectivity index (χ1) is 18.4. The Hall–Kier alpha value is -3.23. The third-order valence-electron chi connectivity index (χ3n) is 7.88. The van der Waals surface area contributed by atoms with Crippen molar-refractivity contribution in [3.05, 3.63) is 57.1 Å². The van der Waals surface area contributed by atoms with Crippen LogP contribution >= 0.6 is 0 Å². The van der Waals surface area contributed by atoms with Crippen LogP contribution in [0, 0.1) is 0 Å². The average Bonchev–Trinajstić information content (AvgIpc) is 2.90. The zero-order chi connectivity index (χ0) is 28.4. The van der Waals surface area contributed by atoms with E-state index >= 15 is 0 Å². The lowest BCUT2D eigenvalue weighted by atomic mass is 9.71. The number of fused-ring (bicyclic) bond motifs is 3. The Morgan fingerprint density at radius 3 is 2.46 bits per heavy atom. The summed E-state index contributed by atoms with van der Waals surface area (Å²) >= 11 is 0. The van der Waals surface area contributed by atoms with E-state index in [0.29, 0.717) is 0 Å². The second-order valence-electron chi connectivity index (χ2n) is 10.3. The van der Waals surface area contributed by atoms with Gasteiger partial charge in [0.15, 0.2) is 23.6 Å². The van der Waals surface area contributed by atoms with Crippen LogP contribution in [0.15, 0.2) is 18.2 Å². The van der Waals surface area contributed by atoms with Gasteiger partial charge in [0.1, 0.15) is 23.7 Å². The van der Waals surface area contributed by atoms with Crippen molar-refractivity contribution >= 4 is 17.3 Å². The predicted molar refractivity (Wildman–Crippen MR) is 131 cm³/mol. The Morgan fingerprint density at radius 2 is 1.82 bits per heavy atom. The number of carbonyl (C=O) groups excluding carboxylic acids is 3. The number of nitrogens with two attached hydrogens (primary N) is 1. The second-order valence-corrected chi connectivity index (χ2v) is 10.3. The van der Waals surface area contributed by atoms with E-state index in [1.807, 2.05) is 0 Å². The summed E-state index contributed by atoms with van der Waals surface area (Å²) in [4.78, 5) is 39.7. The number of ether oxygens (including phenoxy) is 2. The molecule has 39 heavy (non-hydrogen) atoms. The molecule has 6 atom stereocenters. The summed E-state index contributed by atoms with van der Waals surface area (Å²) in [6.45, 7) is -0.0137. The van der Waals surface area contributed by atoms with Gasteiger partial charge in [-0.3, -0.25) is 14.4 Å². The lowest BCUT2D eigenvalue weighted by Crippen LogP contribution is -2.53. The Labute approximate surface area is 222 Å². The summed E-state index contributed by atoms with van der Waals surface area (Å²) in [5.41, 5.74) is 2.35. The van der Waals surface area contributed by atoms with E-state index in [0.717, 1.165) is 0 Å². The second kappa shape index (κ2) is 9.75. The van der Waals surface area contributed by atoms with Crippen LogP contribution in [-0.4, -0.2) is 84.7 Å². The molecule has 0 bridgehead atoms. The Balaban J connectivity index is 1.69. The molecule has 5 rings (SSSR count). The quantitative estimate of drug-likeness (QED) is 0.202. The molecule has 1 saturated heterocycles.